The van der Waals surface area contributed by atoms with Gasteiger partial charge < -0.3 is 10.1 Å². The average Bonchev–Trinajstić information content (AvgIpc) is 3.22. The fourth-order valence-corrected chi connectivity index (χ4v) is 5.80. The monoisotopic (exact) mass is 315 g/mol. The van der Waals surface area contributed by atoms with Gasteiger partial charge in [0.05, 0.1) is 11.5 Å². The van der Waals surface area contributed by atoms with Crippen LogP contribution in [0.15, 0.2) is 6.33 Å². The van der Waals surface area contributed by atoms with Crippen molar-refractivity contribution in [1.82, 2.24) is 9.97 Å². The van der Waals surface area contributed by atoms with Crippen molar-refractivity contribution in [1.29, 1.82) is 0 Å². The highest BCUT2D eigenvalue weighted by molar-refractivity contribution is 7.19. The Hall–Kier alpha value is -1.20. The van der Waals surface area contributed by atoms with E-state index in [9.17, 15) is 0 Å². The third-order valence-electron chi connectivity index (χ3n) is 5.60. The number of fused-ring (bicyclic) bond motifs is 4. The summed E-state index contributed by atoms with van der Waals surface area (Å²) in [7, 11) is 0. The van der Waals surface area contributed by atoms with Gasteiger partial charge in [0.25, 0.3) is 0 Å². The molecule has 2 fully saturated rings. The lowest BCUT2D eigenvalue weighted by Crippen LogP contribution is -2.38. The molecule has 4 nitrogen and oxygen atoms in total. The van der Waals surface area contributed by atoms with E-state index in [1.165, 1.54) is 60.8 Å². The molecule has 3 unspecified atom stereocenters. The van der Waals surface area contributed by atoms with Crippen molar-refractivity contribution in [2.24, 2.45) is 5.92 Å². The molecule has 2 aromatic heterocycles. The zero-order valence-electron chi connectivity index (χ0n) is 12.7. The highest BCUT2D eigenvalue weighted by Gasteiger charge is 2.38. The third-order valence-corrected chi connectivity index (χ3v) is 6.80. The van der Waals surface area contributed by atoms with Crippen LogP contribution < -0.4 is 5.32 Å². The van der Waals surface area contributed by atoms with Crippen LogP contribution in [0.5, 0.6) is 0 Å². The molecule has 1 saturated carbocycles. The van der Waals surface area contributed by atoms with E-state index in [-0.39, 0.29) is 0 Å². The Morgan fingerprint density at radius 3 is 3.14 bits per heavy atom. The van der Waals surface area contributed by atoms with Crippen LogP contribution in [0.1, 0.15) is 42.5 Å². The Labute approximate surface area is 134 Å². The molecule has 2 aromatic rings. The Morgan fingerprint density at radius 1 is 1.14 bits per heavy atom. The molecule has 0 spiro atoms. The van der Waals surface area contributed by atoms with Gasteiger partial charge in [-0.25, -0.2) is 9.97 Å². The Kier molecular flexibility index (Phi) is 3.11. The number of hydrogen-bond donors (Lipinski definition) is 1. The Balaban J connectivity index is 1.51. The number of anilines is 1. The molecule has 3 aliphatic rings. The van der Waals surface area contributed by atoms with Gasteiger partial charge in [-0.05, 0) is 50.5 Å². The summed E-state index contributed by atoms with van der Waals surface area (Å²) in [6.45, 7) is 0.931. The summed E-state index contributed by atoms with van der Waals surface area (Å²) in [6, 6.07) is 0.510. The van der Waals surface area contributed by atoms with E-state index in [0.717, 1.165) is 17.3 Å². The van der Waals surface area contributed by atoms with Gasteiger partial charge in [0.2, 0.25) is 0 Å². The summed E-state index contributed by atoms with van der Waals surface area (Å²) in [5.74, 6) is 1.73. The number of ether oxygens (including phenoxy) is 1. The van der Waals surface area contributed by atoms with Crippen LogP contribution >= 0.6 is 11.3 Å². The minimum Gasteiger partial charge on any atom is -0.378 e. The average molecular weight is 315 g/mol. The van der Waals surface area contributed by atoms with E-state index in [2.05, 4.69) is 15.3 Å². The summed E-state index contributed by atoms with van der Waals surface area (Å²) in [5, 5.41) is 5.09. The molecule has 0 aromatic carbocycles. The highest BCUT2D eigenvalue weighted by atomic mass is 32.1. The van der Waals surface area contributed by atoms with Crippen LogP contribution in [0, 0.1) is 5.92 Å². The summed E-state index contributed by atoms with van der Waals surface area (Å²) >= 11 is 1.87. The standard InChI is InChI=1S/C17H21N3OS/c1-3-11-14(6-1)22-17-15(11)16(18-9-19-17)20-12-4-2-5-13-10(12)7-8-21-13/h9-10,12-13H,1-8H2,(H,18,19,20). The highest BCUT2D eigenvalue weighted by Crippen LogP contribution is 2.41. The topological polar surface area (TPSA) is 47.0 Å². The molecule has 5 rings (SSSR count). The molecule has 2 aliphatic carbocycles. The first kappa shape index (κ1) is 13.3. The second kappa shape index (κ2) is 5.17. The molecule has 5 heteroatoms. The van der Waals surface area contributed by atoms with E-state index < -0.39 is 0 Å². The molecule has 3 heterocycles. The molecule has 22 heavy (non-hydrogen) atoms. The van der Waals surface area contributed by atoms with Crippen LogP contribution in [0.25, 0.3) is 10.2 Å². The number of aromatic nitrogens is 2. The minimum atomic E-state index is 0.469. The lowest BCUT2D eigenvalue weighted by Gasteiger charge is -2.33. The van der Waals surface area contributed by atoms with Crippen molar-refractivity contribution >= 4 is 27.4 Å². The van der Waals surface area contributed by atoms with E-state index in [1.54, 1.807) is 6.33 Å². The van der Waals surface area contributed by atoms with Gasteiger partial charge in [0.1, 0.15) is 17.0 Å². The molecule has 116 valence electrons. The van der Waals surface area contributed by atoms with Crippen LogP contribution in [-0.2, 0) is 17.6 Å². The van der Waals surface area contributed by atoms with Crippen LogP contribution in [0.2, 0.25) is 0 Å². The summed E-state index contributed by atoms with van der Waals surface area (Å²) < 4.78 is 5.90. The minimum absolute atomic E-state index is 0.469. The molecule has 0 radical (unpaired) electrons. The van der Waals surface area contributed by atoms with Crippen molar-refractivity contribution in [3.8, 4) is 0 Å². The van der Waals surface area contributed by atoms with Gasteiger partial charge in [-0.3, -0.25) is 0 Å². The molecule has 0 bridgehead atoms. The number of hydrogen-bond acceptors (Lipinski definition) is 5. The lowest BCUT2D eigenvalue weighted by molar-refractivity contribution is 0.0620. The van der Waals surface area contributed by atoms with Crippen LogP contribution in [0.3, 0.4) is 0 Å². The van der Waals surface area contributed by atoms with E-state index in [1.807, 2.05) is 11.3 Å². The van der Waals surface area contributed by atoms with Gasteiger partial charge in [0, 0.05) is 23.4 Å². The molecule has 0 amide bonds. The predicted molar refractivity (Wildman–Crippen MR) is 88.5 cm³/mol. The Morgan fingerprint density at radius 2 is 2.14 bits per heavy atom. The zero-order valence-corrected chi connectivity index (χ0v) is 13.5. The normalized spacial score (nSPS) is 30.5. The maximum atomic E-state index is 5.90. The third kappa shape index (κ3) is 1.98. The quantitative estimate of drug-likeness (QED) is 0.920. The van der Waals surface area contributed by atoms with E-state index >= 15 is 0 Å². The molecule has 1 saturated heterocycles. The predicted octanol–water partition coefficient (Wildman–Crippen LogP) is 3.55. The fraction of sp³-hybridized carbons (Fsp3) is 0.647. The number of rotatable bonds is 2. The van der Waals surface area contributed by atoms with Gasteiger partial charge in [0.15, 0.2) is 0 Å². The number of aryl methyl sites for hydroxylation is 2. The number of nitrogens with zero attached hydrogens (tertiary/aromatic N) is 2. The Bertz CT molecular complexity index is 713. The maximum absolute atomic E-state index is 5.90. The number of nitrogens with one attached hydrogen (secondary N) is 1. The van der Waals surface area contributed by atoms with Crippen molar-refractivity contribution in [3.63, 3.8) is 0 Å². The van der Waals surface area contributed by atoms with Crippen molar-refractivity contribution in [2.45, 2.75) is 57.1 Å². The summed E-state index contributed by atoms with van der Waals surface area (Å²) in [5.41, 5.74) is 1.51. The number of thiophene rings is 1. The second-order valence-corrected chi connectivity index (χ2v) is 7.89. The fourth-order valence-electron chi connectivity index (χ4n) is 4.57. The smallest absolute Gasteiger partial charge is 0.138 e. The maximum Gasteiger partial charge on any atom is 0.138 e. The van der Waals surface area contributed by atoms with Gasteiger partial charge in [-0.1, -0.05) is 0 Å². The van der Waals surface area contributed by atoms with Crippen molar-refractivity contribution < 1.29 is 4.74 Å². The first-order valence-corrected chi connectivity index (χ1v) is 9.35. The molecular formula is C17H21N3OS. The van der Waals surface area contributed by atoms with Crippen LogP contribution in [0.4, 0.5) is 5.82 Å². The van der Waals surface area contributed by atoms with E-state index in [0.29, 0.717) is 18.1 Å². The van der Waals surface area contributed by atoms with Crippen molar-refractivity contribution in [3.05, 3.63) is 16.8 Å². The lowest BCUT2D eigenvalue weighted by atomic mass is 9.82. The van der Waals surface area contributed by atoms with E-state index in [4.69, 9.17) is 4.74 Å². The van der Waals surface area contributed by atoms with Gasteiger partial charge >= 0.3 is 0 Å². The summed E-state index contributed by atoms with van der Waals surface area (Å²) in [4.78, 5) is 11.8. The molecule has 3 atom stereocenters. The first-order chi connectivity index (χ1) is 10.9. The summed E-state index contributed by atoms with van der Waals surface area (Å²) in [6.07, 6.45) is 10.8. The molecule has 1 aliphatic heterocycles. The zero-order chi connectivity index (χ0) is 14.5. The van der Waals surface area contributed by atoms with Crippen LogP contribution in [-0.4, -0.2) is 28.7 Å². The molecule has 1 N–H and O–H groups in total. The SMILES string of the molecule is c1nc(NC2CCCC3OCCC23)c2c3c(sc2n1)CCC3. The van der Waals surface area contributed by atoms with Gasteiger partial charge in [-0.15, -0.1) is 11.3 Å². The second-order valence-electron chi connectivity index (χ2n) is 6.80. The molecular weight excluding hydrogens is 294 g/mol. The van der Waals surface area contributed by atoms with Crippen molar-refractivity contribution in [2.75, 3.05) is 11.9 Å². The first-order valence-electron chi connectivity index (χ1n) is 8.53. The largest absolute Gasteiger partial charge is 0.378 e. The van der Waals surface area contributed by atoms with Gasteiger partial charge in [-0.2, -0.15) is 0 Å².